The topological polar surface area (TPSA) is 131 Å². The number of carboxylic acid groups (broad SMARTS) is 1. The normalized spacial score (nSPS) is 22.1. The summed E-state index contributed by atoms with van der Waals surface area (Å²) in [7, 11) is 0. The highest BCUT2D eigenvalue weighted by Gasteiger charge is 2.44. The fourth-order valence-electron chi connectivity index (χ4n) is 2.89. The third-order valence-electron chi connectivity index (χ3n) is 4.56. The molecule has 1 aliphatic heterocycles. The number of rotatable bonds is 4. The van der Waals surface area contributed by atoms with Gasteiger partial charge in [0.1, 0.15) is 29.7 Å². The Morgan fingerprint density at radius 2 is 2.07 bits per heavy atom. The standard InChI is InChI=1S/C17H18F2N4O5/c18-10-1-3-11(4-2-10)28-14-13(20)15(24)23(9-21-14)8-17(27)5-6-22(16(25)26)7-12(17)19/h1-4,9,12,27H,5-8,20H2,(H,25,26)/t12-,17+/m0/s1. The molecule has 4 N–H and O–H groups in total. The monoisotopic (exact) mass is 396 g/mol. The number of halogens is 2. The fraction of sp³-hybridized carbons (Fsp3) is 0.353. The summed E-state index contributed by atoms with van der Waals surface area (Å²) < 4.78 is 33.6. The Morgan fingerprint density at radius 3 is 2.68 bits per heavy atom. The van der Waals surface area contributed by atoms with E-state index in [0.717, 1.165) is 27.9 Å². The molecule has 0 saturated carbocycles. The zero-order valence-electron chi connectivity index (χ0n) is 14.6. The van der Waals surface area contributed by atoms with Crippen LogP contribution < -0.4 is 16.0 Å². The number of piperidine rings is 1. The number of ether oxygens (including phenoxy) is 1. The molecular formula is C17H18F2N4O5. The van der Waals surface area contributed by atoms with Crippen molar-refractivity contribution < 1.29 is 28.5 Å². The lowest BCUT2D eigenvalue weighted by atomic mass is 9.89. The highest BCUT2D eigenvalue weighted by Crippen LogP contribution is 2.28. The number of nitrogens with zero attached hydrogens (tertiary/aromatic N) is 3. The third kappa shape index (κ3) is 3.88. The Kier molecular flexibility index (Phi) is 5.18. The lowest BCUT2D eigenvalue weighted by Crippen LogP contribution is -2.57. The molecule has 2 aromatic rings. The van der Waals surface area contributed by atoms with E-state index >= 15 is 0 Å². The smallest absolute Gasteiger partial charge is 0.407 e. The van der Waals surface area contributed by atoms with E-state index in [1.165, 1.54) is 12.1 Å². The summed E-state index contributed by atoms with van der Waals surface area (Å²) >= 11 is 0. The molecule has 1 aromatic carbocycles. The molecule has 0 bridgehead atoms. The maximum Gasteiger partial charge on any atom is 0.407 e. The second-order valence-corrected chi connectivity index (χ2v) is 6.50. The molecule has 1 fully saturated rings. The molecule has 2 atom stereocenters. The second kappa shape index (κ2) is 7.43. The molecule has 28 heavy (non-hydrogen) atoms. The van der Waals surface area contributed by atoms with E-state index in [9.17, 15) is 23.5 Å². The van der Waals surface area contributed by atoms with E-state index in [-0.39, 0.29) is 30.3 Å². The Labute approximate surface area is 157 Å². The first-order valence-corrected chi connectivity index (χ1v) is 8.32. The number of aromatic nitrogens is 2. The van der Waals surface area contributed by atoms with Gasteiger partial charge in [0.05, 0.1) is 13.1 Å². The van der Waals surface area contributed by atoms with Crippen LogP contribution in [0.1, 0.15) is 6.42 Å². The maximum atomic E-state index is 14.4. The van der Waals surface area contributed by atoms with Crippen molar-refractivity contribution in [3.63, 3.8) is 0 Å². The molecule has 1 aromatic heterocycles. The van der Waals surface area contributed by atoms with Gasteiger partial charge in [-0.05, 0) is 30.7 Å². The maximum absolute atomic E-state index is 14.4. The van der Waals surface area contributed by atoms with Crippen molar-refractivity contribution in [3.8, 4) is 11.6 Å². The van der Waals surface area contributed by atoms with Gasteiger partial charge in [0.2, 0.25) is 5.88 Å². The van der Waals surface area contributed by atoms with Crippen LogP contribution in [-0.4, -0.2) is 55.6 Å². The van der Waals surface area contributed by atoms with Gasteiger partial charge in [-0.25, -0.2) is 18.6 Å². The summed E-state index contributed by atoms with van der Waals surface area (Å²) in [5, 5.41) is 19.5. The van der Waals surface area contributed by atoms with Gasteiger partial charge in [-0.2, -0.15) is 0 Å². The number of hydrogen-bond donors (Lipinski definition) is 3. The summed E-state index contributed by atoms with van der Waals surface area (Å²) in [6.45, 7) is -1.03. The molecule has 0 aliphatic carbocycles. The van der Waals surface area contributed by atoms with E-state index in [4.69, 9.17) is 15.6 Å². The van der Waals surface area contributed by atoms with Crippen LogP contribution in [0.2, 0.25) is 0 Å². The zero-order valence-corrected chi connectivity index (χ0v) is 14.6. The van der Waals surface area contributed by atoms with Crippen molar-refractivity contribution in [1.82, 2.24) is 14.5 Å². The van der Waals surface area contributed by atoms with Gasteiger partial charge >= 0.3 is 6.09 Å². The molecule has 0 spiro atoms. The van der Waals surface area contributed by atoms with Gasteiger partial charge in [0.25, 0.3) is 5.56 Å². The first kappa shape index (κ1) is 19.5. The molecule has 1 aliphatic rings. The highest BCUT2D eigenvalue weighted by molar-refractivity contribution is 5.65. The van der Waals surface area contributed by atoms with Crippen LogP contribution in [0.4, 0.5) is 19.3 Å². The van der Waals surface area contributed by atoms with Crippen molar-refractivity contribution in [2.75, 3.05) is 18.8 Å². The van der Waals surface area contributed by atoms with E-state index < -0.39 is 42.3 Å². The molecule has 9 nitrogen and oxygen atoms in total. The Hall–Kier alpha value is -3.21. The first-order valence-electron chi connectivity index (χ1n) is 8.32. The minimum absolute atomic E-state index is 0.0737. The number of aliphatic hydroxyl groups is 1. The lowest BCUT2D eigenvalue weighted by Gasteiger charge is -2.39. The average molecular weight is 396 g/mol. The number of hydrogen-bond acceptors (Lipinski definition) is 6. The summed E-state index contributed by atoms with van der Waals surface area (Å²) in [6.07, 6.45) is -2.32. The Bertz CT molecular complexity index is 936. The summed E-state index contributed by atoms with van der Waals surface area (Å²) in [6, 6.07) is 4.98. The van der Waals surface area contributed by atoms with Crippen LogP contribution in [0.25, 0.3) is 0 Å². The summed E-state index contributed by atoms with van der Waals surface area (Å²) in [5.41, 5.74) is 2.69. The second-order valence-electron chi connectivity index (χ2n) is 6.50. The molecular weight excluding hydrogens is 378 g/mol. The first-order chi connectivity index (χ1) is 13.2. The molecule has 1 saturated heterocycles. The van der Waals surface area contributed by atoms with E-state index in [2.05, 4.69) is 4.98 Å². The minimum atomic E-state index is -1.94. The van der Waals surface area contributed by atoms with Gasteiger partial charge in [0.15, 0.2) is 5.69 Å². The van der Waals surface area contributed by atoms with Crippen molar-refractivity contribution in [2.24, 2.45) is 0 Å². The number of likely N-dealkylation sites (tertiary alicyclic amines) is 1. The van der Waals surface area contributed by atoms with E-state index in [1.54, 1.807) is 0 Å². The van der Waals surface area contributed by atoms with Gasteiger partial charge < -0.3 is 25.6 Å². The van der Waals surface area contributed by atoms with Crippen LogP contribution in [0.3, 0.4) is 0 Å². The predicted octanol–water partition coefficient (Wildman–Crippen LogP) is 1.21. The summed E-state index contributed by atoms with van der Waals surface area (Å²) in [5.74, 6) is -0.467. The molecule has 150 valence electrons. The fourth-order valence-corrected chi connectivity index (χ4v) is 2.89. The summed E-state index contributed by atoms with van der Waals surface area (Å²) in [4.78, 5) is 28.1. The van der Waals surface area contributed by atoms with Crippen LogP contribution >= 0.6 is 0 Å². The molecule has 0 unspecified atom stereocenters. The molecule has 0 radical (unpaired) electrons. The van der Waals surface area contributed by atoms with E-state index in [0.29, 0.717) is 0 Å². The van der Waals surface area contributed by atoms with Gasteiger partial charge in [-0.15, -0.1) is 0 Å². The molecule has 3 rings (SSSR count). The Balaban J connectivity index is 1.78. The van der Waals surface area contributed by atoms with Crippen LogP contribution in [-0.2, 0) is 6.54 Å². The SMILES string of the molecule is Nc1c(Oc2ccc(F)cc2)ncn(C[C@]2(O)CCN(C(=O)O)C[C@@H]2F)c1=O. The lowest BCUT2D eigenvalue weighted by molar-refractivity contribution is -0.0900. The quantitative estimate of drug-likeness (QED) is 0.708. The molecule has 2 heterocycles. The average Bonchev–Trinajstić information content (AvgIpc) is 2.65. The van der Waals surface area contributed by atoms with E-state index in [1.807, 2.05) is 0 Å². The number of amides is 1. The number of nitrogens with two attached hydrogens (primary N) is 1. The minimum Gasteiger partial charge on any atom is -0.465 e. The third-order valence-corrected chi connectivity index (χ3v) is 4.56. The van der Waals surface area contributed by atoms with Gasteiger partial charge in [0, 0.05) is 6.54 Å². The van der Waals surface area contributed by atoms with Crippen molar-refractivity contribution in [3.05, 3.63) is 46.8 Å². The number of alkyl halides is 1. The van der Waals surface area contributed by atoms with Crippen LogP contribution in [0.5, 0.6) is 11.6 Å². The van der Waals surface area contributed by atoms with Gasteiger partial charge in [-0.1, -0.05) is 0 Å². The highest BCUT2D eigenvalue weighted by atomic mass is 19.1. The van der Waals surface area contributed by atoms with Crippen LogP contribution in [0, 0.1) is 5.82 Å². The van der Waals surface area contributed by atoms with Gasteiger partial charge in [-0.3, -0.25) is 9.36 Å². The van der Waals surface area contributed by atoms with Crippen LogP contribution in [0.15, 0.2) is 35.4 Å². The Morgan fingerprint density at radius 1 is 1.39 bits per heavy atom. The van der Waals surface area contributed by atoms with Crippen molar-refractivity contribution in [1.29, 1.82) is 0 Å². The van der Waals surface area contributed by atoms with Crippen molar-refractivity contribution >= 4 is 11.8 Å². The zero-order chi connectivity index (χ0) is 20.5. The number of benzene rings is 1. The molecule has 1 amide bonds. The molecule has 11 heteroatoms. The predicted molar refractivity (Wildman–Crippen MR) is 93.4 cm³/mol. The number of anilines is 1. The number of carbonyl (C=O) groups is 1. The van der Waals surface area contributed by atoms with Crippen molar-refractivity contribution in [2.45, 2.75) is 24.7 Å². The number of nitrogen functional groups attached to an aromatic ring is 1. The largest absolute Gasteiger partial charge is 0.465 e.